The van der Waals surface area contributed by atoms with Crippen LogP contribution >= 0.6 is 11.6 Å². The molecule has 1 aromatic heterocycles. The fourth-order valence-corrected chi connectivity index (χ4v) is 2.66. The van der Waals surface area contributed by atoms with Gasteiger partial charge in [-0.2, -0.15) is 0 Å². The SMILES string of the molecule is CC(CCCl)CNS(=O)(=O)c1cn(C)cn1. The third-order valence-corrected chi connectivity index (χ3v) is 3.71. The van der Waals surface area contributed by atoms with Gasteiger partial charge in [0.2, 0.25) is 0 Å². The quantitative estimate of drug-likeness (QED) is 0.780. The molecule has 0 amide bonds. The molecular formula is C9H16ClN3O2S. The van der Waals surface area contributed by atoms with Crippen molar-refractivity contribution >= 4 is 21.6 Å². The van der Waals surface area contributed by atoms with E-state index in [-0.39, 0.29) is 10.9 Å². The van der Waals surface area contributed by atoms with Crippen molar-refractivity contribution in [1.29, 1.82) is 0 Å². The molecule has 0 spiro atoms. The predicted octanol–water partition coefficient (Wildman–Crippen LogP) is 0.963. The van der Waals surface area contributed by atoms with Gasteiger partial charge >= 0.3 is 0 Å². The van der Waals surface area contributed by atoms with E-state index in [4.69, 9.17) is 11.6 Å². The summed E-state index contributed by atoms with van der Waals surface area (Å²) in [5.74, 6) is 0.753. The Labute approximate surface area is 101 Å². The molecule has 1 aromatic rings. The number of halogens is 1. The van der Waals surface area contributed by atoms with Gasteiger partial charge in [0.25, 0.3) is 10.0 Å². The van der Waals surface area contributed by atoms with Crippen LogP contribution in [0.3, 0.4) is 0 Å². The normalized spacial score (nSPS) is 13.9. The largest absolute Gasteiger partial charge is 0.339 e. The van der Waals surface area contributed by atoms with Crippen molar-refractivity contribution < 1.29 is 8.42 Å². The average molecular weight is 266 g/mol. The van der Waals surface area contributed by atoms with Crippen LogP contribution in [0.25, 0.3) is 0 Å². The fourth-order valence-electron chi connectivity index (χ4n) is 1.14. The number of alkyl halides is 1. The Morgan fingerprint density at radius 3 is 2.81 bits per heavy atom. The molecule has 16 heavy (non-hydrogen) atoms. The minimum absolute atomic E-state index is 0.0491. The summed E-state index contributed by atoms with van der Waals surface area (Å²) in [4.78, 5) is 3.80. The van der Waals surface area contributed by atoms with Crippen molar-refractivity contribution in [3.05, 3.63) is 12.5 Å². The van der Waals surface area contributed by atoms with Crippen LogP contribution in [0.5, 0.6) is 0 Å². The fraction of sp³-hybridized carbons (Fsp3) is 0.667. The van der Waals surface area contributed by atoms with Crippen molar-refractivity contribution in [3.8, 4) is 0 Å². The molecule has 0 aliphatic heterocycles. The number of rotatable bonds is 6. The first-order valence-corrected chi connectivity index (χ1v) is 7.01. The van der Waals surface area contributed by atoms with E-state index in [2.05, 4.69) is 9.71 Å². The van der Waals surface area contributed by atoms with Crippen LogP contribution in [0.1, 0.15) is 13.3 Å². The van der Waals surface area contributed by atoms with E-state index in [9.17, 15) is 8.42 Å². The van der Waals surface area contributed by atoms with E-state index >= 15 is 0 Å². The molecule has 0 aromatic carbocycles. The summed E-state index contributed by atoms with van der Waals surface area (Å²) in [5.41, 5.74) is 0. The summed E-state index contributed by atoms with van der Waals surface area (Å²) in [6.45, 7) is 2.33. The number of hydrogen-bond acceptors (Lipinski definition) is 3. The van der Waals surface area contributed by atoms with E-state index in [1.165, 1.54) is 12.5 Å². The molecule has 0 saturated carbocycles. The first kappa shape index (κ1) is 13.5. The second-order valence-corrected chi connectivity index (χ2v) is 5.90. The van der Waals surface area contributed by atoms with E-state index in [1.54, 1.807) is 11.6 Å². The van der Waals surface area contributed by atoms with Crippen LogP contribution in [0, 0.1) is 5.92 Å². The van der Waals surface area contributed by atoms with Crippen LogP contribution in [0.15, 0.2) is 17.6 Å². The summed E-state index contributed by atoms with van der Waals surface area (Å²) < 4.78 is 27.6. The average Bonchev–Trinajstić information content (AvgIpc) is 2.63. The first-order chi connectivity index (χ1) is 7.45. The Kier molecular flexibility index (Phi) is 4.76. The third kappa shape index (κ3) is 3.77. The van der Waals surface area contributed by atoms with Crippen molar-refractivity contribution in [2.24, 2.45) is 13.0 Å². The van der Waals surface area contributed by atoms with E-state index in [0.29, 0.717) is 12.4 Å². The van der Waals surface area contributed by atoms with Gasteiger partial charge in [-0.25, -0.2) is 18.1 Å². The van der Waals surface area contributed by atoms with Gasteiger partial charge < -0.3 is 4.57 Å². The Hall–Kier alpha value is -0.590. The minimum Gasteiger partial charge on any atom is -0.339 e. The summed E-state index contributed by atoms with van der Waals surface area (Å²) in [7, 11) is -1.75. The van der Waals surface area contributed by atoms with Crippen LogP contribution in [-0.4, -0.2) is 30.4 Å². The van der Waals surface area contributed by atoms with E-state index in [0.717, 1.165) is 6.42 Å². The molecule has 1 rings (SSSR count). The lowest BCUT2D eigenvalue weighted by Gasteiger charge is -2.09. The van der Waals surface area contributed by atoms with Crippen molar-refractivity contribution in [3.63, 3.8) is 0 Å². The summed E-state index contributed by atoms with van der Waals surface area (Å²) >= 11 is 5.57. The van der Waals surface area contributed by atoms with Gasteiger partial charge in [0.15, 0.2) is 5.03 Å². The topological polar surface area (TPSA) is 64.0 Å². The molecule has 1 atom stereocenters. The zero-order valence-corrected chi connectivity index (χ0v) is 10.9. The highest BCUT2D eigenvalue weighted by atomic mass is 35.5. The van der Waals surface area contributed by atoms with Gasteiger partial charge in [0.1, 0.15) is 0 Å². The van der Waals surface area contributed by atoms with Gasteiger partial charge in [-0.05, 0) is 12.3 Å². The summed E-state index contributed by atoms with van der Waals surface area (Å²) in [6, 6.07) is 0. The molecule has 5 nitrogen and oxygen atoms in total. The second-order valence-electron chi connectivity index (χ2n) is 3.81. The summed E-state index contributed by atoms with van der Waals surface area (Å²) in [6.07, 6.45) is 3.71. The third-order valence-electron chi connectivity index (χ3n) is 2.18. The molecule has 0 radical (unpaired) electrons. The highest BCUT2D eigenvalue weighted by Gasteiger charge is 2.17. The van der Waals surface area contributed by atoms with Crippen LogP contribution in [0.4, 0.5) is 0 Å². The molecule has 1 heterocycles. The number of imidazole rings is 1. The van der Waals surface area contributed by atoms with E-state index < -0.39 is 10.0 Å². The minimum atomic E-state index is -3.48. The van der Waals surface area contributed by atoms with Gasteiger partial charge in [-0.1, -0.05) is 6.92 Å². The maximum atomic E-state index is 11.7. The Bertz CT molecular complexity index is 430. The second kappa shape index (κ2) is 5.65. The molecule has 7 heteroatoms. The molecule has 92 valence electrons. The van der Waals surface area contributed by atoms with Gasteiger partial charge in [-0.15, -0.1) is 11.6 Å². The lowest BCUT2D eigenvalue weighted by molar-refractivity contribution is 0.528. The smallest absolute Gasteiger partial charge is 0.259 e. The number of sulfonamides is 1. The van der Waals surface area contributed by atoms with E-state index in [1.807, 2.05) is 6.92 Å². The van der Waals surface area contributed by atoms with Crippen molar-refractivity contribution in [2.75, 3.05) is 12.4 Å². The molecule has 1 unspecified atom stereocenters. The van der Waals surface area contributed by atoms with Crippen LogP contribution < -0.4 is 4.72 Å². The number of nitrogens with one attached hydrogen (secondary N) is 1. The van der Waals surface area contributed by atoms with Crippen LogP contribution in [-0.2, 0) is 17.1 Å². The van der Waals surface area contributed by atoms with Gasteiger partial charge in [0, 0.05) is 25.7 Å². The molecular weight excluding hydrogens is 250 g/mol. The standard InChI is InChI=1S/C9H16ClN3O2S/c1-8(3-4-10)5-12-16(14,15)9-6-13(2)7-11-9/h6-8,12H,3-5H2,1-2H3. The Morgan fingerprint density at radius 2 is 2.31 bits per heavy atom. The van der Waals surface area contributed by atoms with Crippen LogP contribution in [0.2, 0.25) is 0 Å². The zero-order chi connectivity index (χ0) is 12.2. The highest BCUT2D eigenvalue weighted by Crippen LogP contribution is 2.06. The molecule has 0 aliphatic rings. The predicted molar refractivity (Wildman–Crippen MR) is 62.9 cm³/mol. The number of nitrogens with zero attached hydrogens (tertiary/aromatic N) is 2. The Morgan fingerprint density at radius 1 is 1.62 bits per heavy atom. The lowest BCUT2D eigenvalue weighted by atomic mass is 10.1. The van der Waals surface area contributed by atoms with Crippen molar-refractivity contribution in [1.82, 2.24) is 14.3 Å². The Balaban J connectivity index is 2.59. The summed E-state index contributed by atoms with van der Waals surface area (Å²) in [5, 5.41) is 0.0491. The molecule has 0 bridgehead atoms. The molecule has 0 saturated heterocycles. The molecule has 0 fully saturated rings. The van der Waals surface area contributed by atoms with Gasteiger partial charge in [-0.3, -0.25) is 0 Å². The molecule has 1 N–H and O–H groups in total. The lowest BCUT2D eigenvalue weighted by Crippen LogP contribution is -2.28. The highest BCUT2D eigenvalue weighted by molar-refractivity contribution is 7.89. The molecule has 0 aliphatic carbocycles. The zero-order valence-electron chi connectivity index (χ0n) is 9.35. The number of aryl methyl sites for hydroxylation is 1. The van der Waals surface area contributed by atoms with Crippen molar-refractivity contribution in [2.45, 2.75) is 18.4 Å². The van der Waals surface area contributed by atoms with Gasteiger partial charge in [0.05, 0.1) is 6.33 Å². The maximum Gasteiger partial charge on any atom is 0.259 e. The number of aromatic nitrogens is 2. The maximum absolute atomic E-state index is 11.7. The first-order valence-electron chi connectivity index (χ1n) is 4.99. The monoisotopic (exact) mass is 265 g/mol. The number of hydrogen-bond donors (Lipinski definition) is 1.